The van der Waals surface area contributed by atoms with Crippen molar-refractivity contribution in [3.8, 4) is 22.8 Å². The second-order valence-corrected chi connectivity index (χ2v) is 7.30. The van der Waals surface area contributed by atoms with Crippen LogP contribution in [0.3, 0.4) is 0 Å². The summed E-state index contributed by atoms with van der Waals surface area (Å²) in [6, 6.07) is 23.1. The van der Waals surface area contributed by atoms with Crippen LogP contribution in [0.2, 0.25) is 0 Å². The van der Waals surface area contributed by atoms with Crippen molar-refractivity contribution in [3.63, 3.8) is 0 Å². The molecule has 0 aliphatic heterocycles. The van der Waals surface area contributed by atoms with E-state index in [0.29, 0.717) is 0 Å². The van der Waals surface area contributed by atoms with Crippen LogP contribution in [-0.2, 0) is 0 Å². The molecular weight excluding hydrogens is 358 g/mol. The molecule has 0 bridgehead atoms. The molecule has 0 unspecified atom stereocenters. The van der Waals surface area contributed by atoms with Crippen molar-refractivity contribution in [3.05, 3.63) is 89.0 Å². The summed E-state index contributed by atoms with van der Waals surface area (Å²) in [6.45, 7) is 2.13. The third kappa shape index (κ3) is 2.87. The smallest absolute Gasteiger partial charge is 0.161 e. The van der Waals surface area contributed by atoms with E-state index >= 15 is 0 Å². The molecule has 5 rings (SSSR count). The fraction of sp³-hybridized carbons (Fsp3) is 0.115. The van der Waals surface area contributed by atoms with Crippen molar-refractivity contribution in [2.24, 2.45) is 0 Å². The van der Waals surface area contributed by atoms with Crippen molar-refractivity contribution >= 4 is 22.6 Å². The lowest BCUT2D eigenvalue weighted by atomic mass is 9.99. The number of para-hydroxylation sites is 1. The minimum absolute atomic E-state index is 0.723. The van der Waals surface area contributed by atoms with E-state index < -0.39 is 0 Å². The number of benzene rings is 3. The van der Waals surface area contributed by atoms with E-state index in [1.165, 1.54) is 27.8 Å². The van der Waals surface area contributed by atoms with Crippen LogP contribution >= 0.6 is 0 Å². The molecule has 0 spiro atoms. The van der Waals surface area contributed by atoms with E-state index in [1.54, 1.807) is 14.2 Å². The Labute approximate surface area is 170 Å². The maximum absolute atomic E-state index is 5.49. The van der Waals surface area contributed by atoms with Gasteiger partial charge in [0.05, 0.1) is 25.4 Å². The van der Waals surface area contributed by atoms with Crippen LogP contribution in [-0.4, -0.2) is 19.2 Å². The van der Waals surface area contributed by atoms with E-state index in [-0.39, 0.29) is 0 Å². The van der Waals surface area contributed by atoms with Gasteiger partial charge in [0.25, 0.3) is 0 Å². The Morgan fingerprint density at radius 2 is 1.59 bits per heavy atom. The third-order valence-corrected chi connectivity index (χ3v) is 5.45. The number of pyridine rings is 1. The highest BCUT2D eigenvalue weighted by atomic mass is 16.5. The number of aryl methyl sites for hydroxylation is 1. The molecule has 0 amide bonds. The standard InChI is InChI=1S/C26H21NO2/c1-16-8-10-19-20(12-16)21(13-17-9-11-24(28-2)25(14-17)29-3)22-15-18-6-4-5-7-23(18)27-26(19)22/h4-15H,1-3H3/b21-13+. The van der Waals surface area contributed by atoms with E-state index in [4.69, 9.17) is 14.5 Å². The van der Waals surface area contributed by atoms with Gasteiger partial charge in [0, 0.05) is 16.5 Å². The lowest BCUT2D eigenvalue weighted by molar-refractivity contribution is 0.355. The average Bonchev–Trinajstić information content (AvgIpc) is 3.04. The van der Waals surface area contributed by atoms with E-state index in [0.717, 1.165) is 33.7 Å². The van der Waals surface area contributed by atoms with Crippen LogP contribution in [0, 0.1) is 6.92 Å². The Bertz CT molecular complexity index is 1290. The van der Waals surface area contributed by atoms with Crippen molar-refractivity contribution < 1.29 is 9.47 Å². The van der Waals surface area contributed by atoms with Gasteiger partial charge in [-0.25, -0.2) is 4.98 Å². The van der Waals surface area contributed by atoms with Gasteiger partial charge in [-0.05, 0) is 54.0 Å². The van der Waals surface area contributed by atoms with Crippen molar-refractivity contribution in [1.29, 1.82) is 0 Å². The van der Waals surface area contributed by atoms with Gasteiger partial charge in [-0.15, -0.1) is 0 Å². The van der Waals surface area contributed by atoms with Crippen LogP contribution in [0.5, 0.6) is 11.5 Å². The molecule has 0 atom stereocenters. The molecule has 1 aliphatic carbocycles. The van der Waals surface area contributed by atoms with Gasteiger partial charge in [0.1, 0.15) is 0 Å². The summed E-state index contributed by atoms with van der Waals surface area (Å²) in [5.74, 6) is 1.45. The molecule has 3 aromatic carbocycles. The second-order valence-electron chi connectivity index (χ2n) is 7.30. The first kappa shape index (κ1) is 17.5. The van der Waals surface area contributed by atoms with Gasteiger partial charge >= 0.3 is 0 Å². The molecule has 1 heterocycles. The Morgan fingerprint density at radius 3 is 2.41 bits per heavy atom. The summed E-state index contributed by atoms with van der Waals surface area (Å²) in [5.41, 5.74) is 9.12. The normalized spacial score (nSPS) is 13.4. The van der Waals surface area contributed by atoms with Gasteiger partial charge in [-0.2, -0.15) is 0 Å². The molecule has 0 N–H and O–H groups in total. The molecule has 29 heavy (non-hydrogen) atoms. The zero-order chi connectivity index (χ0) is 20.0. The number of aromatic nitrogens is 1. The molecule has 0 radical (unpaired) electrons. The zero-order valence-electron chi connectivity index (χ0n) is 16.7. The van der Waals surface area contributed by atoms with E-state index in [1.807, 2.05) is 18.2 Å². The number of hydrogen-bond donors (Lipinski definition) is 0. The maximum atomic E-state index is 5.49. The quantitative estimate of drug-likeness (QED) is 0.378. The molecular formula is C26H21NO2. The summed E-state index contributed by atoms with van der Waals surface area (Å²) in [4.78, 5) is 4.99. The molecule has 0 saturated heterocycles. The monoisotopic (exact) mass is 379 g/mol. The number of rotatable bonds is 3. The number of fused-ring (bicyclic) bond motifs is 4. The Balaban J connectivity index is 1.76. The van der Waals surface area contributed by atoms with Crippen LogP contribution in [0.1, 0.15) is 22.3 Å². The van der Waals surface area contributed by atoms with Crippen LogP contribution < -0.4 is 9.47 Å². The first-order valence-electron chi connectivity index (χ1n) is 9.63. The summed E-state index contributed by atoms with van der Waals surface area (Å²) in [7, 11) is 3.31. The number of hydrogen-bond acceptors (Lipinski definition) is 3. The van der Waals surface area contributed by atoms with E-state index in [9.17, 15) is 0 Å². The fourth-order valence-corrected chi connectivity index (χ4v) is 4.02. The third-order valence-electron chi connectivity index (χ3n) is 5.45. The Kier molecular flexibility index (Phi) is 4.09. The summed E-state index contributed by atoms with van der Waals surface area (Å²) in [5, 5.41) is 1.15. The van der Waals surface area contributed by atoms with Gasteiger partial charge in [-0.1, -0.05) is 48.0 Å². The lowest BCUT2D eigenvalue weighted by Crippen LogP contribution is -1.91. The second kappa shape index (κ2) is 6.78. The summed E-state index contributed by atoms with van der Waals surface area (Å²) < 4.78 is 10.9. The first-order chi connectivity index (χ1) is 14.2. The molecule has 4 aromatic rings. The number of methoxy groups -OCH3 is 2. The Hall–Kier alpha value is -3.59. The number of nitrogens with zero attached hydrogens (tertiary/aromatic N) is 1. The highest BCUT2D eigenvalue weighted by Gasteiger charge is 2.25. The van der Waals surface area contributed by atoms with Crippen LogP contribution in [0.4, 0.5) is 0 Å². The molecule has 0 fully saturated rings. The molecule has 142 valence electrons. The molecule has 0 saturated carbocycles. The summed E-state index contributed by atoms with van der Waals surface area (Å²) >= 11 is 0. The van der Waals surface area contributed by atoms with Gasteiger partial charge in [0.2, 0.25) is 0 Å². The summed E-state index contributed by atoms with van der Waals surface area (Å²) in [6.07, 6.45) is 2.21. The molecule has 3 heteroatoms. The molecule has 1 aliphatic rings. The van der Waals surface area contributed by atoms with Crippen LogP contribution in [0.15, 0.2) is 66.7 Å². The van der Waals surface area contributed by atoms with Crippen LogP contribution in [0.25, 0.3) is 33.8 Å². The van der Waals surface area contributed by atoms with E-state index in [2.05, 4.69) is 61.5 Å². The maximum Gasteiger partial charge on any atom is 0.161 e. The minimum atomic E-state index is 0.723. The highest BCUT2D eigenvalue weighted by molar-refractivity contribution is 6.07. The SMILES string of the molecule is COc1ccc(/C=C2\c3cc(C)ccc3-c3nc4ccccc4cc32)cc1OC. The molecule has 3 nitrogen and oxygen atoms in total. The predicted octanol–water partition coefficient (Wildman–Crippen LogP) is 6.13. The fourth-order valence-electron chi connectivity index (χ4n) is 4.02. The molecule has 1 aromatic heterocycles. The number of ether oxygens (including phenoxy) is 2. The Morgan fingerprint density at radius 1 is 0.759 bits per heavy atom. The van der Waals surface area contributed by atoms with Gasteiger partial charge < -0.3 is 9.47 Å². The first-order valence-corrected chi connectivity index (χ1v) is 9.63. The topological polar surface area (TPSA) is 31.4 Å². The zero-order valence-corrected chi connectivity index (χ0v) is 16.7. The highest BCUT2D eigenvalue weighted by Crippen LogP contribution is 2.45. The van der Waals surface area contributed by atoms with Crippen molar-refractivity contribution in [2.45, 2.75) is 6.92 Å². The van der Waals surface area contributed by atoms with Gasteiger partial charge in [0.15, 0.2) is 11.5 Å². The van der Waals surface area contributed by atoms with Gasteiger partial charge in [-0.3, -0.25) is 0 Å². The average molecular weight is 379 g/mol. The predicted molar refractivity (Wildman–Crippen MR) is 118 cm³/mol. The largest absolute Gasteiger partial charge is 0.493 e. The van der Waals surface area contributed by atoms with Crippen molar-refractivity contribution in [1.82, 2.24) is 4.98 Å². The minimum Gasteiger partial charge on any atom is -0.493 e. The van der Waals surface area contributed by atoms with Crippen molar-refractivity contribution in [2.75, 3.05) is 14.2 Å². The lowest BCUT2D eigenvalue weighted by Gasteiger charge is -2.09.